The number of nitrogens with two attached hydrogens (primary N) is 1. The topological polar surface area (TPSA) is 29.3 Å². The van der Waals surface area contributed by atoms with E-state index in [2.05, 4.69) is 30.9 Å². The van der Waals surface area contributed by atoms with Crippen molar-refractivity contribution in [3.63, 3.8) is 0 Å². The van der Waals surface area contributed by atoms with Crippen LogP contribution in [0.2, 0.25) is 5.02 Å². The van der Waals surface area contributed by atoms with Crippen LogP contribution in [0.1, 0.15) is 57.6 Å². The van der Waals surface area contributed by atoms with Crippen molar-refractivity contribution in [1.82, 2.24) is 4.90 Å². The average molecular weight is 295 g/mol. The predicted octanol–water partition coefficient (Wildman–Crippen LogP) is 4.38. The number of rotatable bonds is 8. The highest BCUT2D eigenvalue weighted by Gasteiger charge is 2.36. The van der Waals surface area contributed by atoms with Gasteiger partial charge in [-0.05, 0) is 49.9 Å². The lowest BCUT2D eigenvalue weighted by atomic mass is 9.95. The van der Waals surface area contributed by atoms with E-state index in [0.717, 1.165) is 24.0 Å². The molecule has 1 saturated carbocycles. The van der Waals surface area contributed by atoms with E-state index in [0.29, 0.717) is 6.04 Å². The molecule has 0 bridgehead atoms. The lowest BCUT2D eigenvalue weighted by Crippen LogP contribution is -2.42. The summed E-state index contributed by atoms with van der Waals surface area (Å²) in [4.78, 5) is 2.63. The molecule has 1 fully saturated rings. The summed E-state index contributed by atoms with van der Waals surface area (Å²) in [5.41, 5.74) is 7.73. The summed E-state index contributed by atoms with van der Waals surface area (Å²) >= 11 is 6.18. The Bertz CT molecular complexity index is 417. The summed E-state index contributed by atoms with van der Waals surface area (Å²) in [6.07, 6.45) is 6.10. The molecular formula is C17H27ClN2. The van der Waals surface area contributed by atoms with Crippen molar-refractivity contribution in [2.45, 2.75) is 64.1 Å². The third kappa shape index (κ3) is 3.97. The van der Waals surface area contributed by atoms with Gasteiger partial charge in [0.15, 0.2) is 0 Å². The van der Waals surface area contributed by atoms with Crippen LogP contribution in [0.4, 0.5) is 0 Å². The Morgan fingerprint density at radius 1 is 1.35 bits per heavy atom. The number of nitrogens with zero attached hydrogens (tertiary/aromatic N) is 1. The van der Waals surface area contributed by atoms with Crippen molar-refractivity contribution in [3.8, 4) is 0 Å². The fourth-order valence-electron chi connectivity index (χ4n) is 2.89. The zero-order valence-corrected chi connectivity index (χ0v) is 13.4. The highest BCUT2D eigenvalue weighted by molar-refractivity contribution is 6.30. The van der Waals surface area contributed by atoms with Crippen LogP contribution in [-0.2, 0) is 0 Å². The van der Waals surface area contributed by atoms with Gasteiger partial charge in [0, 0.05) is 17.1 Å². The van der Waals surface area contributed by atoms with Crippen LogP contribution < -0.4 is 5.73 Å². The molecule has 2 atom stereocenters. The fourth-order valence-corrected chi connectivity index (χ4v) is 3.09. The second-order valence-corrected chi connectivity index (χ2v) is 6.33. The van der Waals surface area contributed by atoms with E-state index in [4.69, 9.17) is 17.3 Å². The van der Waals surface area contributed by atoms with Crippen molar-refractivity contribution < 1.29 is 0 Å². The van der Waals surface area contributed by atoms with Gasteiger partial charge in [0.05, 0.1) is 6.04 Å². The summed E-state index contributed by atoms with van der Waals surface area (Å²) < 4.78 is 0. The van der Waals surface area contributed by atoms with Crippen molar-refractivity contribution in [2.24, 2.45) is 5.73 Å². The largest absolute Gasteiger partial charge is 0.326 e. The van der Waals surface area contributed by atoms with E-state index in [1.807, 2.05) is 12.1 Å². The van der Waals surface area contributed by atoms with Crippen molar-refractivity contribution >= 4 is 11.6 Å². The Morgan fingerprint density at radius 2 is 2.10 bits per heavy atom. The molecule has 0 amide bonds. The van der Waals surface area contributed by atoms with Gasteiger partial charge in [0.2, 0.25) is 0 Å². The second-order valence-electron chi connectivity index (χ2n) is 5.89. The molecule has 3 heteroatoms. The number of hydrogen-bond donors (Lipinski definition) is 1. The highest BCUT2D eigenvalue weighted by Crippen LogP contribution is 2.37. The maximum Gasteiger partial charge on any atom is 0.0502 e. The summed E-state index contributed by atoms with van der Waals surface area (Å²) in [6.45, 7) is 5.57. The zero-order valence-electron chi connectivity index (χ0n) is 12.7. The molecule has 0 aromatic heterocycles. The summed E-state index contributed by atoms with van der Waals surface area (Å²) in [5, 5.41) is 0.807. The van der Waals surface area contributed by atoms with Crippen molar-refractivity contribution in [3.05, 3.63) is 34.9 Å². The Hall–Kier alpha value is -0.570. The minimum Gasteiger partial charge on any atom is -0.326 e. The number of halogens is 1. The minimum absolute atomic E-state index is 0.172. The van der Waals surface area contributed by atoms with Gasteiger partial charge in [-0.1, -0.05) is 44.0 Å². The SMILES string of the molecule is CCCCN(C1CC1)C(c1cccc(Cl)c1)C(N)CC. The number of hydrogen-bond acceptors (Lipinski definition) is 2. The molecular weight excluding hydrogens is 268 g/mol. The molecule has 0 heterocycles. The molecule has 0 saturated heterocycles. The molecule has 20 heavy (non-hydrogen) atoms. The van der Waals surface area contributed by atoms with Crippen LogP contribution >= 0.6 is 11.6 Å². The lowest BCUT2D eigenvalue weighted by molar-refractivity contribution is 0.157. The van der Waals surface area contributed by atoms with Crippen LogP contribution in [0.15, 0.2) is 24.3 Å². The average Bonchev–Trinajstić information content (AvgIpc) is 3.27. The molecule has 0 aliphatic heterocycles. The Kier molecular flexibility index (Phi) is 5.88. The minimum atomic E-state index is 0.172. The van der Waals surface area contributed by atoms with Crippen molar-refractivity contribution in [2.75, 3.05) is 6.54 Å². The summed E-state index contributed by atoms with van der Waals surface area (Å²) in [5.74, 6) is 0. The smallest absolute Gasteiger partial charge is 0.0502 e. The molecule has 0 spiro atoms. The van der Waals surface area contributed by atoms with Crippen LogP contribution in [0.3, 0.4) is 0 Å². The molecule has 1 aromatic carbocycles. The van der Waals surface area contributed by atoms with Gasteiger partial charge in [-0.25, -0.2) is 0 Å². The first-order valence-corrected chi connectivity index (χ1v) is 8.32. The molecule has 2 nitrogen and oxygen atoms in total. The van der Waals surface area contributed by atoms with Crippen LogP contribution in [0.5, 0.6) is 0 Å². The molecule has 1 aliphatic carbocycles. The van der Waals surface area contributed by atoms with Crippen molar-refractivity contribution in [1.29, 1.82) is 0 Å². The Balaban J connectivity index is 2.25. The predicted molar refractivity (Wildman–Crippen MR) is 87.1 cm³/mol. The van der Waals surface area contributed by atoms with E-state index >= 15 is 0 Å². The van der Waals surface area contributed by atoms with E-state index in [1.165, 1.54) is 31.2 Å². The van der Waals surface area contributed by atoms with Crippen LogP contribution in [0, 0.1) is 0 Å². The maximum absolute atomic E-state index is 6.45. The van der Waals surface area contributed by atoms with Gasteiger partial charge in [0.25, 0.3) is 0 Å². The fraction of sp³-hybridized carbons (Fsp3) is 0.647. The number of unbranched alkanes of at least 4 members (excludes halogenated alkanes) is 1. The van der Waals surface area contributed by atoms with E-state index in [9.17, 15) is 0 Å². The lowest BCUT2D eigenvalue weighted by Gasteiger charge is -2.36. The van der Waals surface area contributed by atoms with Gasteiger partial charge in [0.1, 0.15) is 0 Å². The van der Waals surface area contributed by atoms with Gasteiger partial charge in [-0.3, -0.25) is 4.90 Å². The van der Waals surface area contributed by atoms with Gasteiger partial charge in [-0.15, -0.1) is 0 Å². The summed E-state index contributed by atoms with van der Waals surface area (Å²) in [6, 6.07) is 9.44. The van der Waals surface area contributed by atoms with Crippen LogP contribution in [-0.4, -0.2) is 23.5 Å². The molecule has 2 N–H and O–H groups in total. The maximum atomic E-state index is 6.45. The van der Waals surface area contributed by atoms with Crippen LogP contribution in [0.25, 0.3) is 0 Å². The van der Waals surface area contributed by atoms with Gasteiger partial charge >= 0.3 is 0 Å². The third-order valence-corrected chi connectivity index (χ3v) is 4.45. The van der Waals surface area contributed by atoms with E-state index in [1.54, 1.807) is 0 Å². The Morgan fingerprint density at radius 3 is 2.65 bits per heavy atom. The normalized spacial score (nSPS) is 18.2. The third-order valence-electron chi connectivity index (χ3n) is 4.21. The quantitative estimate of drug-likeness (QED) is 0.771. The second kappa shape index (κ2) is 7.44. The van der Waals surface area contributed by atoms with E-state index in [-0.39, 0.29) is 6.04 Å². The first-order chi connectivity index (χ1) is 9.67. The highest BCUT2D eigenvalue weighted by atomic mass is 35.5. The molecule has 1 aromatic rings. The number of benzene rings is 1. The zero-order chi connectivity index (χ0) is 14.5. The van der Waals surface area contributed by atoms with E-state index < -0.39 is 0 Å². The molecule has 1 aliphatic rings. The van der Waals surface area contributed by atoms with Gasteiger partial charge in [-0.2, -0.15) is 0 Å². The molecule has 112 valence electrons. The first kappa shape index (κ1) is 15.8. The Labute approximate surface area is 128 Å². The standard InChI is InChI=1S/C17H27ClN2/c1-3-5-11-20(15-9-10-15)17(16(19)4-2)13-7-6-8-14(18)12-13/h6-8,12,15-17H,3-5,9-11,19H2,1-2H3. The van der Waals surface area contributed by atoms with Gasteiger partial charge < -0.3 is 5.73 Å². The molecule has 2 unspecified atom stereocenters. The first-order valence-electron chi connectivity index (χ1n) is 7.94. The molecule has 2 rings (SSSR count). The monoisotopic (exact) mass is 294 g/mol. The molecule has 0 radical (unpaired) electrons. The summed E-state index contributed by atoms with van der Waals surface area (Å²) in [7, 11) is 0.